The number of thiazole rings is 1. The Kier molecular flexibility index (Phi) is 4.63. The van der Waals surface area contributed by atoms with Gasteiger partial charge >= 0.3 is 0 Å². The standard InChI is InChI=1S/C15H16N2O2S/c1-10-11(2)20-15(16-10)17-14(19)9-8-13(18)12-6-4-3-5-7-12/h3-7H,8-9H2,1-2H3,(H,16,17,19). The van der Waals surface area contributed by atoms with Gasteiger partial charge in [-0.15, -0.1) is 11.3 Å². The second kappa shape index (κ2) is 6.43. The van der Waals surface area contributed by atoms with Gasteiger partial charge in [0, 0.05) is 23.3 Å². The molecule has 0 bridgehead atoms. The van der Waals surface area contributed by atoms with E-state index in [1.54, 1.807) is 12.1 Å². The minimum atomic E-state index is -0.178. The number of Topliss-reactive ketones (excluding diaryl/α,β-unsaturated/α-hetero) is 1. The molecule has 5 heteroatoms. The number of hydrogen-bond donors (Lipinski definition) is 1. The van der Waals surface area contributed by atoms with E-state index in [1.807, 2.05) is 32.0 Å². The lowest BCUT2D eigenvalue weighted by Gasteiger charge is -2.02. The molecule has 0 fully saturated rings. The fraction of sp³-hybridized carbons (Fsp3) is 0.267. The van der Waals surface area contributed by atoms with E-state index in [0.717, 1.165) is 10.6 Å². The minimum Gasteiger partial charge on any atom is -0.302 e. The highest BCUT2D eigenvalue weighted by Gasteiger charge is 2.11. The van der Waals surface area contributed by atoms with Gasteiger partial charge < -0.3 is 5.32 Å². The van der Waals surface area contributed by atoms with Gasteiger partial charge in [0.05, 0.1) is 5.69 Å². The highest BCUT2D eigenvalue weighted by Crippen LogP contribution is 2.21. The maximum atomic E-state index is 11.9. The van der Waals surface area contributed by atoms with Crippen molar-refractivity contribution in [2.24, 2.45) is 0 Å². The summed E-state index contributed by atoms with van der Waals surface area (Å²) in [6.45, 7) is 3.86. The fourth-order valence-electron chi connectivity index (χ4n) is 1.70. The molecule has 0 saturated heterocycles. The van der Waals surface area contributed by atoms with Crippen LogP contribution < -0.4 is 5.32 Å². The molecule has 4 nitrogen and oxygen atoms in total. The molecular weight excluding hydrogens is 272 g/mol. The van der Waals surface area contributed by atoms with Crippen molar-refractivity contribution in [2.45, 2.75) is 26.7 Å². The van der Waals surface area contributed by atoms with Crippen LogP contribution in [-0.2, 0) is 4.79 Å². The number of carbonyl (C=O) groups is 2. The maximum Gasteiger partial charge on any atom is 0.226 e. The quantitative estimate of drug-likeness (QED) is 0.858. The number of amides is 1. The van der Waals surface area contributed by atoms with E-state index >= 15 is 0 Å². The number of rotatable bonds is 5. The lowest BCUT2D eigenvalue weighted by molar-refractivity contribution is -0.116. The van der Waals surface area contributed by atoms with E-state index in [-0.39, 0.29) is 24.5 Å². The molecule has 1 heterocycles. The van der Waals surface area contributed by atoms with Crippen molar-refractivity contribution >= 4 is 28.2 Å². The van der Waals surface area contributed by atoms with Gasteiger partial charge in [0.2, 0.25) is 5.91 Å². The summed E-state index contributed by atoms with van der Waals surface area (Å²) in [7, 11) is 0. The van der Waals surface area contributed by atoms with Crippen LogP contribution in [0.1, 0.15) is 33.8 Å². The lowest BCUT2D eigenvalue weighted by Crippen LogP contribution is -2.13. The van der Waals surface area contributed by atoms with E-state index in [0.29, 0.717) is 10.7 Å². The van der Waals surface area contributed by atoms with Gasteiger partial charge in [-0.05, 0) is 13.8 Å². The molecular formula is C15H16N2O2S. The molecule has 0 aliphatic carbocycles. The normalized spacial score (nSPS) is 10.3. The van der Waals surface area contributed by atoms with Crippen molar-refractivity contribution in [3.05, 3.63) is 46.5 Å². The highest BCUT2D eigenvalue weighted by atomic mass is 32.1. The van der Waals surface area contributed by atoms with Gasteiger partial charge in [0.15, 0.2) is 10.9 Å². The zero-order chi connectivity index (χ0) is 14.5. The summed E-state index contributed by atoms with van der Waals surface area (Å²) in [6.07, 6.45) is 0.380. The number of benzene rings is 1. The molecule has 2 rings (SSSR count). The van der Waals surface area contributed by atoms with Gasteiger partial charge in [0.1, 0.15) is 0 Å². The van der Waals surface area contributed by atoms with Gasteiger partial charge in [-0.3, -0.25) is 9.59 Å². The zero-order valence-corrected chi connectivity index (χ0v) is 12.3. The molecule has 1 aromatic carbocycles. The van der Waals surface area contributed by atoms with Gasteiger partial charge in [0.25, 0.3) is 0 Å². The maximum absolute atomic E-state index is 11.9. The van der Waals surface area contributed by atoms with Crippen LogP contribution in [0.3, 0.4) is 0 Å². The summed E-state index contributed by atoms with van der Waals surface area (Å²) in [5, 5.41) is 3.32. The Morgan fingerprint density at radius 1 is 1.15 bits per heavy atom. The third-order valence-electron chi connectivity index (χ3n) is 2.95. The third-order valence-corrected chi connectivity index (χ3v) is 3.94. The summed E-state index contributed by atoms with van der Waals surface area (Å²) in [6, 6.07) is 9.00. The van der Waals surface area contributed by atoms with Gasteiger partial charge in [-0.25, -0.2) is 4.98 Å². The zero-order valence-electron chi connectivity index (χ0n) is 11.5. The molecule has 0 atom stereocenters. The Labute approximate surface area is 121 Å². The number of carbonyl (C=O) groups excluding carboxylic acids is 2. The number of anilines is 1. The summed E-state index contributed by atoms with van der Waals surface area (Å²) < 4.78 is 0. The first-order chi connectivity index (χ1) is 9.56. The van der Waals surface area contributed by atoms with E-state index in [9.17, 15) is 9.59 Å². The van der Waals surface area contributed by atoms with Crippen LogP contribution in [0.5, 0.6) is 0 Å². The van der Waals surface area contributed by atoms with E-state index < -0.39 is 0 Å². The molecule has 104 valence electrons. The van der Waals surface area contributed by atoms with Crippen molar-refractivity contribution in [1.29, 1.82) is 0 Å². The number of aryl methyl sites for hydroxylation is 2. The van der Waals surface area contributed by atoms with E-state index in [4.69, 9.17) is 0 Å². The monoisotopic (exact) mass is 288 g/mol. The average Bonchev–Trinajstić information content (AvgIpc) is 2.75. The Morgan fingerprint density at radius 2 is 1.85 bits per heavy atom. The lowest BCUT2D eigenvalue weighted by atomic mass is 10.1. The molecule has 1 N–H and O–H groups in total. The Bertz CT molecular complexity index is 601. The second-order valence-electron chi connectivity index (χ2n) is 4.50. The summed E-state index contributed by atoms with van der Waals surface area (Å²) in [5.74, 6) is -0.199. The molecule has 0 aliphatic heterocycles. The van der Waals surface area contributed by atoms with Crippen molar-refractivity contribution in [3.8, 4) is 0 Å². The van der Waals surface area contributed by atoms with Crippen molar-refractivity contribution in [2.75, 3.05) is 5.32 Å². The van der Waals surface area contributed by atoms with E-state index in [2.05, 4.69) is 10.3 Å². The van der Waals surface area contributed by atoms with Gasteiger partial charge in [-0.1, -0.05) is 30.3 Å². The van der Waals surface area contributed by atoms with Gasteiger partial charge in [-0.2, -0.15) is 0 Å². The molecule has 0 radical (unpaired) electrons. The third kappa shape index (κ3) is 3.74. The average molecular weight is 288 g/mol. The molecule has 2 aromatic rings. The Hall–Kier alpha value is -2.01. The first-order valence-corrected chi connectivity index (χ1v) is 7.20. The molecule has 20 heavy (non-hydrogen) atoms. The largest absolute Gasteiger partial charge is 0.302 e. The van der Waals surface area contributed by atoms with Crippen molar-refractivity contribution < 1.29 is 9.59 Å². The topological polar surface area (TPSA) is 59.1 Å². The van der Waals surface area contributed by atoms with Crippen LogP contribution >= 0.6 is 11.3 Å². The Morgan fingerprint density at radius 3 is 2.45 bits per heavy atom. The number of aromatic nitrogens is 1. The predicted octanol–water partition coefficient (Wildman–Crippen LogP) is 3.36. The smallest absolute Gasteiger partial charge is 0.226 e. The second-order valence-corrected chi connectivity index (χ2v) is 5.70. The predicted molar refractivity (Wildman–Crippen MR) is 80.2 cm³/mol. The van der Waals surface area contributed by atoms with Crippen molar-refractivity contribution in [1.82, 2.24) is 4.98 Å². The number of ketones is 1. The number of nitrogens with zero attached hydrogens (tertiary/aromatic N) is 1. The molecule has 0 spiro atoms. The first-order valence-electron chi connectivity index (χ1n) is 6.38. The number of nitrogens with one attached hydrogen (secondary N) is 1. The molecule has 1 amide bonds. The molecule has 0 aliphatic rings. The van der Waals surface area contributed by atoms with Crippen LogP contribution in [-0.4, -0.2) is 16.7 Å². The summed E-state index contributed by atoms with van der Waals surface area (Å²) in [4.78, 5) is 29.0. The summed E-state index contributed by atoms with van der Waals surface area (Å²) in [5.41, 5.74) is 1.56. The molecule has 0 saturated carbocycles. The number of hydrogen-bond acceptors (Lipinski definition) is 4. The van der Waals surface area contributed by atoms with E-state index in [1.165, 1.54) is 11.3 Å². The first kappa shape index (κ1) is 14.4. The minimum absolute atomic E-state index is 0.0211. The van der Waals surface area contributed by atoms with Crippen LogP contribution in [0.2, 0.25) is 0 Å². The fourth-order valence-corrected chi connectivity index (χ4v) is 2.53. The highest BCUT2D eigenvalue weighted by molar-refractivity contribution is 7.15. The van der Waals surface area contributed by atoms with Crippen molar-refractivity contribution in [3.63, 3.8) is 0 Å². The Balaban J connectivity index is 1.85. The SMILES string of the molecule is Cc1nc(NC(=O)CCC(=O)c2ccccc2)sc1C. The molecule has 1 aromatic heterocycles. The summed E-state index contributed by atoms with van der Waals surface area (Å²) >= 11 is 1.45. The van der Waals surface area contributed by atoms with Crippen LogP contribution in [0.25, 0.3) is 0 Å². The van der Waals surface area contributed by atoms with Crippen LogP contribution in [0, 0.1) is 13.8 Å². The molecule has 0 unspecified atom stereocenters. The van der Waals surface area contributed by atoms with Crippen LogP contribution in [0.15, 0.2) is 30.3 Å². The van der Waals surface area contributed by atoms with Crippen LogP contribution in [0.4, 0.5) is 5.13 Å².